The highest BCUT2D eigenvalue weighted by molar-refractivity contribution is 6.30. The Kier molecular flexibility index (Phi) is 3.64. The molecular formula is C12H12ClN3O2. The number of hydrogen-bond acceptors (Lipinski definition) is 3. The molecule has 6 heteroatoms. The highest BCUT2D eigenvalue weighted by atomic mass is 35.5. The maximum absolute atomic E-state index is 12.0. The summed E-state index contributed by atoms with van der Waals surface area (Å²) in [6, 6.07) is 8.33. The summed E-state index contributed by atoms with van der Waals surface area (Å²) in [6.45, 7) is 0.125. The largest absolute Gasteiger partial charge is 0.325 e. The van der Waals surface area contributed by atoms with E-state index < -0.39 is 0 Å². The zero-order valence-corrected chi connectivity index (χ0v) is 10.3. The van der Waals surface area contributed by atoms with E-state index in [0.717, 1.165) is 5.56 Å². The molecule has 0 aliphatic carbocycles. The SMILES string of the molecule is NCc1cc(=O)[nH]n1C(=O)Cc1cccc(Cl)c1. The minimum atomic E-state index is -0.338. The lowest BCUT2D eigenvalue weighted by Gasteiger charge is -2.05. The van der Waals surface area contributed by atoms with Crippen molar-refractivity contribution in [1.82, 2.24) is 9.78 Å². The lowest BCUT2D eigenvalue weighted by Crippen LogP contribution is -2.20. The molecule has 1 heterocycles. The number of benzene rings is 1. The van der Waals surface area contributed by atoms with Gasteiger partial charge in [-0.15, -0.1) is 0 Å². The van der Waals surface area contributed by atoms with Gasteiger partial charge in [0.05, 0.1) is 12.1 Å². The molecule has 3 N–H and O–H groups in total. The first kappa shape index (κ1) is 12.6. The summed E-state index contributed by atoms with van der Waals surface area (Å²) in [5, 5.41) is 3.00. The molecule has 1 aromatic carbocycles. The number of rotatable bonds is 3. The fourth-order valence-corrected chi connectivity index (χ4v) is 1.92. The van der Waals surface area contributed by atoms with Crippen molar-refractivity contribution < 1.29 is 4.79 Å². The Hall–Kier alpha value is -1.85. The first-order valence-corrected chi connectivity index (χ1v) is 5.76. The number of carbonyl (C=O) groups excluding carboxylic acids is 1. The second kappa shape index (κ2) is 5.20. The monoisotopic (exact) mass is 265 g/mol. The van der Waals surface area contributed by atoms with Crippen LogP contribution in [0.25, 0.3) is 0 Å². The summed E-state index contributed by atoms with van der Waals surface area (Å²) in [4.78, 5) is 23.2. The molecule has 0 bridgehead atoms. The summed E-state index contributed by atoms with van der Waals surface area (Å²) >= 11 is 5.84. The van der Waals surface area contributed by atoms with Crippen molar-refractivity contribution in [2.24, 2.45) is 5.73 Å². The Morgan fingerprint density at radius 3 is 2.83 bits per heavy atom. The summed E-state index contributed by atoms with van der Waals surface area (Å²) in [6.07, 6.45) is 0.151. The first-order chi connectivity index (χ1) is 8.60. The molecule has 0 saturated carbocycles. The second-order valence-corrected chi connectivity index (χ2v) is 4.29. The van der Waals surface area contributed by atoms with Crippen molar-refractivity contribution >= 4 is 17.5 Å². The molecule has 0 aliphatic heterocycles. The van der Waals surface area contributed by atoms with E-state index in [9.17, 15) is 9.59 Å². The third-order valence-corrected chi connectivity index (χ3v) is 2.74. The van der Waals surface area contributed by atoms with Gasteiger partial charge in [0.15, 0.2) is 0 Å². The fraction of sp³-hybridized carbons (Fsp3) is 0.167. The van der Waals surface area contributed by atoms with Gasteiger partial charge in [-0.25, -0.2) is 4.68 Å². The normalized spacial score (nSPS) is 10.6. The van der Waals surface area contributed by atoms with Crippen LogP contribution < -0.4 is 11.3 Å². The maximum Gasteiger partial charge on any atom is 0.264 e. The third kappa shape index (κ3) is 2.69. The van der Waals surface area contributed by atoms with Crippen LogP contribution >= 0.6 is 11.6 Å². The summed E-state index contributed by atoms with van der Waals surface area (Å²) in [7, 11) is 0. The second-order valence-electron chi connectivity index (χ2n) is 3.85. The van der Waals surface area contributed by atoms with Gasteiger partial charge in [0.25, 0.3) is 5.56 Å². The number of halogens is 1. The predicted octanol–water partition coefficient (Wildman–Crippen LogP) is 1.17. The van der Waals surface area contributed by atoms with Crippen molar-refractivity contribution in [1.29, 1.82) is 0 Å². The molecule has 1 aromatic heterocycles. The van der Waals surface area contributed by atoms with Gasteiger partial charge in [-0.05, 0) is 17.7 Å². The number of aromatic amines is 1. The van der Waals surface area contributed by atoms with Crippen molar-refractivity contribution in [2.45, 2.75) is 13.0 Å². The Balaban J connectivity index is 2.24. The molecule has 0 saturated heterocycles. The van der Waals surface area contributed by atoms with Gasteiger partial charge >= 0.3 is 0 Å². The van der Waals surface area contributed by atoms with Crippen LogP contribution in [0, 0.1) is 0 Å². The highest BCUT2D eigenvalue weighted by Gasteiger charge is 2.11. The van der Waals surface area contributed by atoms with Crippen LogP contribution in [0.1, 0.15) is 16.1 Å². The predicted molar refractivity (Wildman–Crippen MR) is 68.7 cm³/mol. The van der Waals surface area contributed by atoms with Gasteiger partial charge in [0.1, 0.15) is 0 Å². The molecule has 5 nitrogen and oxygen atoms in total. The number of nitrogens with one attached hydrogen (secondary N) is 1. The van der Waals surface area contributed by atoms with Crippen LogP contribution in [0.5, 0.6) is 0 Å². The average Bonchev–Trinajstić information content (AvgIpc) is 2.70. The van der Waals surface area contributed by atoms with Gasteiger partial charge in [-0.2, -0.15) is 0 Å². The van der Waals surface area contributed by atoms with E-state index in [2.05, 4.69) is 5.10 Å². The lowest BCUT2D eigenvalue weighted by molar-refractivity contribution is 0.0894. The number of nitrogens with two attached hydrogens (primary N) is 1. The topological polar surface area (TPSA) is 80.9 Å². The van der Waals surface area contributed by atoms with Crippen molar-refractivity contribution in [2.75, 3.05) is 0 Å². The fourth-order valence-electron chi connectivity index (χ4n) is 1.70. The quantitative estimate of drug-likeness (QED) is 0.874. The molecule has 0 radical (unpaired) electrons. The van der Waals surface area contributed by atoms with Crippen LogP contribution in [0.15, 0.2) is 35.1 Å². The van der Waals surface area contributed by atoms with E-state index in [4.69, 9.17) is 17.3 Å². The first-order valence-electron chi connectivity index (χ1n) is 5.39. The van der Waals surface area contributed by atoms with Crippen LogP contribution in [0.3, 0.4) is 0 Å². The van der Waals surface area contributed by atoms with E-state index in [1.807, 2.05) is 0 Å². The molecule has 18 heavy (non-hydrogen) atoms. The molecule has 2 rings (SSSR count). The number of carbonyl (C=O) groups is 1. The van der Waals surface area contributed by atoms with E-state index >= 15 is 0 Å². The van der Waals surface area contributed by atoms with E-state index in [-0.39, 0.29) is 24.4 Å². The molecule has 0 spiro atoms. The highest BCUT2D eigenvalue weighted by Crippen LogP contribution is 2.11. The minimum absolute atomic E-state index is 0.125. The molecule has 0 fully saturated rings. The number of nitrogens with zero attached hydrogens (tertiary/aromatic N) is 1. The Bertz CT molecular complexity index is 630. The average molecular weight is 266 g/mol. The number of H-pyrrole nitrogens is 1. The Morgan fingerprint density at radius 1 is 1.39 bits per heavy atom. The molecule has 94 valence electrons. The molecule has 2 aromatic rings. The van der Waals surface area contributed by atoms with Crippen LogP contribution in [-0.4, -0.2) is 15.7 Å². The summed E-state index contributed by atoms with van der Waals surface area (Å²) in [5.74, 6) is -0.250. The number of aromatic nitrogens is 2. The summed E-state index contributed by atoms with van der Waals surface area (Å²) in [5.41, 5.74) is 6.38. The van der Waals surface area contributed by atoms with Crippen molar-refractivity contribution in [3.05, 3.63) is 57.0 Å². The molecule has 0 atom stereocenters. The van der Waals surface area contributed by atoms with Crippen molar-refractivity contribution in [3.63, 3.8) is 0 Å². The number of hydrogen-bond donors (Lipinski definition) is 2. The van der Waals surface area contributed by atoms with E-state index in [1.54, 1.807) is 24.3 Å². The van der Waals surface area contributed by atoms with Crippen LogP contribution in [-0.2, 0) is 13.0 Å². The molecule has 0 aliphatic rings. The smallest absolute Gasteiger partial charge is 0.264 e. The van der Waals surface area contributed by atoms with Gasteiger partial charge in [-0.3, -0.25) is 14.7 Å². The van der Waals surface area contributed by atoms with Gasteiger partial charge in [0.2, 0.25) is 5.91 Å². The maximum atomic E-state index is 12.0. The van der Waals surface area contributed by atoms with E-state index in [1.165, 1.54) is 10.7 Å². The summed E-state index contributed by atoms with van der Waals surface area (Å²) < 4.78 is 1.18. The Labute approximate surface area is 108 Å². The van der Waals surface area contributed by atoms with Gasteiger partial charge in [-0.1, -0.05) is 23.7 Å². The lowest BCUT2D eigenvalue weighted by atomic mass is 10.1. The van der Waals surface area contributed by atoms with Crippen molar-refractivity contribution in [3.8, 4) is 0 Å². The zero-order valence-electron chi connectivity index (χ0n) is 9.52. The zero-order chi connectivity index (χ0) is 13.1. The Morgan fingerprint density at radius 2 is 2.17 bits per heavy atom. The van der Waals surface area contributed by atoms with E-state index in [0.29, 0.717) is 10.7 Å². The van der Waals surface area contributed by atoms with Crippen LogP contribution in [0.4, 0.5) is 0 Å². The molecule has 0 unspecified atom stereocenters. The molecule has 0 amide bonds. The third-order valence-electron chi connectivity index (χ3n) is 2.51. The van der Waals surface area contributed by atoms with Gasteiger partial charge in [0, 0.05) is 17.6 Å². The van der Waals surface area contributed by atoms with Gasteiger partial charge < -0.3 is 5.73 Å². The van der Waals surface area contributed by atoms with Crippen LogP contribution in [0.2, 0.25) is 5.02 Å². The standard InChI is InChI=1S/C12H12ClN3O2/c13-9-3-1-2-8(4-9)5-12(18)16-10(7-14)6-11(17)15-16/h1-4,6H,5,7,14H2,(H,15,17). The molecular weight excluding hydrogens is 254 g/mol. The minimum Gasteiger partial charge on any atom is -0.325 e.